The van der Waals surface area contributed by atoms with E-state index < -0.39 is 5.91 Å². The minimum absolute atomic E-state index is 0.214. The van der Waals surface area contributed by atoms with Crippen molar-refractivity contribution in [3.05, 3.63) is 55.2 Å². The summed E-state index contributed by atoms with van der Waals surface area (Å²) < 4.78 is 0. The fourth-order valence-electron chi connectivity index (χ4n) is 2.69. The molecule has 1 heterocycles. The largest absolute Gasteiger partial charge is 0.279 e. The predicted octanol–water partition coefficient (Wildman–Crippen LogP) is 4.40. The van der Waals surface area contributed by atoms with E-state index in [0.717, 1.165) is 19.3 Å². The number of benzene rings is 1. The lowest BCUT2D eigenvalue weighted by Crippen LogP contribution is -2.41. The van der Waals surface area contributed by atoms with Crippen molar-refractivity contribution in [2.45, 2.75) is 32.1 Å². The van der Waals surface area contributed by atoms with Crippen molar-refractivity contribution in [3.8, 4) is 0 Å². The van der Waals surface area contributed by atoms with E-state index >= 15 is 0 Å². The van der Waals surface area contributed by atoms with Crippen molar-refractivity contribution >= 4 is 46.4 Å². The van der Waals surface area contributed by atoms with Crippen LogP contribution in [-0.2, 0) is 12.8 Å². The van der Waals surface area contributed by atoms with Gasteiger partial charge in [-0.25, -0.2) is 0 Å². The number of hydrogen-bond donors (Lipinski definition) is 2. The zero-order valence-corrected chi connectivity index (χ0v) is 15.2. The van der Waals surface area contributed by atoms with Crippen LogP contribution in [0.25, 0.3) is 0 Å². The molecule has 0 unspecified atom stereocenters. The fraction of sp³-hybridized carbons (Fsp3) is 0.294. The third-order valence-corrected chi connectivity index (χ3v) is 5.73. The van der Waals surface area contributed by atoms with E-state index in [1.54, 1.807) is 6.07 Å². The maximum atomic E-state index is 12.3. The van der Waals surface area contributed by atoms with Crippen LogP contribution in [-0.4, -0.2) is 11.8 Å². The Morgan fingerprint density at radius 3 is 2.54 bits per heavy atom. The average molecular weight is 383 g/mol. The summed E-state index contributed by atoms with van der Waals surface area (Å²) in [4.78, 5) is 26.3. The van der Waals surface area contributed by atoms with Gasteiger partial charge < -0.3 is 0 Å². The first kappa shape index (κ1) is 17.3. The highest BCUT2D eigenvalue weighted by Gasteiger charge is 2.17. The number of fused-ring (bicyclic) bond motifs is 1. The number of amides is 2. The average Bonchev–Trinajstić information content (AvgIpc) is 2.85. The zero-order valence-electron chi connectivity index (χ0n) is 12.8. The number of aryl methyl sites for hydroxylation is 2. The lowest BCUT2D eigenvalue weighted by atomic mass is 10.1. The van der Waals surface area contributed by atoms with Gasteiger partial charge in [-0.1, -0.05) is 29.6 Å². The summed E-state index contributed by atoms with van der Waals surface area (Å²) >= 11 is 13.3. The molecule has 0 saturated carbocycles. The minimum Gasteiger partial charge on any atom is -0.267 e. The second-order valence-electron chi connectivity index (χ2n) is 5.65. The van der Waals surface area contributed by atoms with Crippen molar-refractivity contribution in [1.29, 1.82) is 0 Å². The van der Waals surface area contributed by atoms with Gasteiger partial charge in [0, 0.05) is 9.90 Å². The minimum atomic E-state index is -0.506. The molecule has 2 aromatic rings. The van der Waals surface area contributed by atoms with E-state index in [9.17, 15) is 9.59 Å². The molecule has 0 aliphatic heterocycles. The highest BCUT2D eigenvalue weighted by atomic mass is 35.5. The van der Waals surface area contributed by atoms with E-state index in [0.29, 0.717) is 9.90 Å². The van der Waals surface area contributed by atoms with Crippen molar-refractivity contribution in [1.82, 2.24) is 10.9 Å². The molecule has 1 aromatic heterocycles. The third kappa shape index (κ3) is 3.91. The van der Waals surface area contributed by atoms with Gasteiger partial charge in [-0.2, -0.15) is 0 Å². The molecular formula is C17H16Cl2N2O2S. The Morgan fingerprint density at radius 1 is 0.958 bits per heavy atom. The van der Waals surface area contributed by atoms with E-state index in [2.05, 4.69) is 10.9 Å². The Bertz CT molecular complexity index is 765. The summed E-state index contributed by atoms with van der Waals surface area (Å²) in [7, 11) is 0. The number of hydrogen-bond acceptors (Lipinski definition) is 3. The molecule has 0 bridgehead atoms. The van der Waals surface area contributed by atoms with Crippen LogP contribution in [0.15, 0.2) is 24.3 Å². The van der Waals surface area contributed by atoms with Gasteiger partial charge >= 0.3 is 0 Å². The SMILES string of the molecule is O=C(NNC(=O)c1cc(Cl)ccc1Cl)c1cc2c(s1)CCCCC2. The third-order valence-electron chi connectivity index (χ3n) is 3.93. The van der Waals surface area contributed by atoms with Gasteiger partial charge in [0.2, 0.25) is 0 Å². The Balaban J connectivity index is 1.65. The van der Waals surface area contributed by atoms with Crippen LogP contribution in [0.4, 0.5) is 0 Å². The number of carbonyl (C=O) groups is 2. The van der Waals surface area contributed by atoms with Gasteiger partial charge in [-0.15, -0.1) is 11.3 Å². The van der Waals surface area contributed by atoms with Gasteiger partial charge in [0.15, 0.2) is 0 Å². The second kappa shape index (κ2) is 7.55. The number of thiophene rings is 1. The summed E-state index contributed by atoms with van der Waals surface area (Å²) in [6, 6.07) is 6.52. The molecule has 126 valence electrons. The number of nitrogens with one attached hydrogen (secondary N) is 2. The van der Waals surface area contributed by atoms with Gasteiger partial charge in [-0.05, 0) is 55.5 Å². The molecule has 3 rings (SSSR count). The van der Waals surface area contributed by atoms with Crippen molar-refractivity contribution < 1.29 is 9.59 Å². The summed E-state index contributed by atoms with van der Waals surface area (Å²) in [5.74, 6) is -0.825. The molecule has 2 amide bonds. The number of hydrazine groups is 1. The van der Waals surface area contributed by atoms with E-state index in [1.165, 1.54) is 46.8 Å². The molecule has 1 aromatic carbocycles. The summed E-state index contributed by atoms with van der Waals surface area (Å²) in [6.45, 7) is 0. The molecule has 0 fully saturated rings. The summed E-state index contributed by atoms with van der Waals surface area (Å²) in [5.41, 5.74) is 6.29. The van der Waals surface area contributed by atoms with Crippen LogP contribution < -0.4 is 10.9 Å². The quantitative estimate of drug-likeness (QED) is 0.597. The molecule has 1 aliphatic rings. The van der Waals surface area contributed by atoms with Crippen molar-refractivity contribution in [3.63, 3.8) is 0 Å². The first-order valence-electron chi connectivity index (χ1n) is 7.72. The second-order valence-corrected chi connectivity index (χ2v) is 7.63. The number of carbonyl (C=O) groups excluding carboxylic acids is 2. The molecule has 0 spiro atoms. The molecule has 2 N–H and O–H groups in total. The van der Waals surface area contributed by atoms with Crippen molar-refractivity contribution in [2.24, 2.45) is 0 Å². The van der Waals surface area contributed by atoms with Gasteiger partial charge in [0.25, 0.3) is 11.8 Å². The van der Waals surface area contributed by atoms with Gasteiger partial charge in [-0.3, -0.25) is 20.4 Å². The van der Waals surface area contributed by atoms with Gasteiger partial charge in [0.05, 0.1) is 15.5 Å². The van der Waals surface area contributed by atoms with Crippen LogP contribution in [0, 0.1) is 0 Å². The lowest BCUT2D eigenvalue weighted by Gasteiger charge is -2.08. The van der Waals surface area contributed by atoms with E-state index in [1.807, 2.05) is 6.07 Å². The highest BCUT2D eigenvalue weighted by molar-refractivity contribution is 7.14. The smallest absolute Gasteiger partial charge is 0.267 e. The van der Waals surface area contributed by atoms with E-state index in [4.69, 9.17) is 23.2 Å². The normalized spacial score (nSPS) is 13.8. The Morgan fingerprint density at radius 2 is 1.71 bits per heavy atom. The Hall–Kier alpha value is -1.56. The Labute approximate surface area is 154 Å². The fourth-order valence-corrected chi connectivity index (χ4v) is 4.22. The van der Waals surface area contributed by atoms with Crippen LogP contribution in [0.5, 0.6) is 0 Å². The highest BCUT2D eigenvalue weighted by Crippen LogP contribution is 2.28. The maximum absolute atomic E-state index is 12.3. The van der Waals surface area contributed by atoms with E-state index in [-0.39, 0.29) is 16.5 Å². The topological polar surface area (TPSA) is 58.2 Å². The molecule has 0 atom stereocenters. The van der Waals surface area contributed by atoms with Crippen LogP contribution in [0.3, 0.4) is 0 Å². The molecular weight excluding hydrogens is 367 g/mol. The van der Waals surface area contributed by atoms with Crippen molar-refractivity contribution in [2.75, 3.05) is 0 Å². The first-order valence-corrected chi connectivity index (χ1v) is 9.29. The summed E-state index contributed by atoms with van der Waals surface area (Å²) in [6.07, 6.45) is 5.61. The molecule has 7 heteroatoms. The Kier molecular flexibility index (Phi) is 5.43. The summed E-state index contributed by atoms with van der Waals surface area (Å²) in [5, 5.41) is 0.673. The van der Waals surface area contributed by atoms with Crippen LogP contribution >= 0.6 is 34.5 Å². The monoisotopic (exact) mass is 382 g/mol. The van der Waals surface area contributed by atoms with Gasteiger partial charge in [0.1, 0.15) is 0 Å². The predicted molar refractivity (Wildman–Crippen MR) is 97.0 cm³/mol. The molecule has 1 aliphatic carbocycles. The van der Waals surface area contributed by atoms with Crippen LogP contribution in [0.1, 0.15) is 49.7 Å². The standard InChI is InChI=1S/C17H16Cl2N2O2S/c18-11-6-7-13(19)12(9-11)16(22)20-21-17(23)15-8-10-4-2-1-3-5-14(10)24-15/h6-9H,1-5H2,(H,20,22)(H,21,23). The maximum Gasteiger partial charge on any atom is 0.279 e. The number of rotatable bonds is 2. The molecule has 0 radical (unpaired) electrons. The molecule has 24 heavy (non-hydrogen) atoms. The first-order chi connectivity index (χ1) is 11.5. The molecule has 0 saturated heterocycles. The van der Waals surface area contributed by atoms with Crippen LogP contribution in [0.2, 0.25) is 10.0 Å². The molecule has 4 nitrogen and oxygen atoms in total. The zero-order chi connectivity index (χ0) is 17.1. The lowest BCUT2D eigenvalue weighted by molar-refractivity contribution is 0.0849. The number of halogens is 2.